The van der Waals surface area contributed by atoms with Gasteiger partial charge in [-0.05, 0) is 68.8 Å². The molecule has 2 N–H and O–H groups in total. The van der Waals surface area contributed by atoms with Crippen LogP contribution in [0.15, 0.2) is 42.5 Å². The molecule has 2 amide bonds. The first-order valence-corrected chi connectivity index (χ1v) is 9.49. The number of aryl methyl sites for hydroxylation is 1. The zero-order valence-corrected chi connectivity index (χ0v) is 17.3. The number of carbonyl (C=O) groups excluding carboxylic acids is 2. The summed E-state index contributed by atoms with van der Waals surface area (Å²) in [5, 5.41) is 11.9. The van der Waals surface area contributed by atoms with Gasteiger partial charge in [0.15, 0.2) is 11.4 Å². The molecule has 0 fully saturated rings. The van der Waals surface area contributed by atoms with E-state index >= 15 is 0 Å². The van der Waals surface area contributed by atoms with Crippen molar-refractivity contribution in [1.29, 1.82) is 0 Å². The first kappa shape index (κ1) is 22.9. The highest BCUT2D eigenvalue weighted by atomic mass is 19.4. The molecule has 0 atom stereocenters. The van der Waals surface area contributed by atoms with Gasteiger partial charge in [-0.25, -0.2) is 9.07 Å². The van der Waals surface area contributed by atoms with E-state index in [0.29, 0.717) is 15.8 Å². The topological polar surface area (TPSA) is 88.9 Å². The van der Waals surface area contributed by atoms with Crippen molar-refractivity contribution in [3.05, 3.63) is 70.8 Å². The number of rotatable bonds is 5. The van der Waals surface area contributed by atoms with E-state index in [4.69, 9.17) is 0 Å². The number of anilines is 1. The Morgan fingerprint density at radius 1 is 1.03 bits per heavy atom. The molecule has 0 saturated heterocycles. The number of hydrogen-bond acceptors (Lipinski definition) is 4. The lowest BCUT2D eigenvalue weighted by Crippen LogP contribution is -2.30. The van der Waals surface area contributed by atoms with Crippen molar-refractivity contribution < 1.29 is 27.2 Å². The lowest BCUT2D eigenvalue weighted by molar-refractivity contribution is -0.143. The number of hydrogen-bond donors (Lipinski definition) is 2. The van der Waals surface area contributed by atoms with Gasteiger partial charge in [-0.2, -0.15) is 13.2 Å². The van der Waals surface area contributed by atoms with E-state index in [2.05, 4.69) is 20.9 Å². The van der Waals surface area contributed by atoms with Crippen molar-refractivity contribution in [1.82, 2.24) is 20.3 Å². The van der Waals surface area contributed by atoms with Crippen LogP contribution in [0.4, 0.5) is 23.2 Å². The maximum Gasteiger partial charge on any atom is 0.435 e. The third-order valence-electron chi connectivity index (χ3n) is 4.37. The molecule has 0 aliphatic rings. The average molecular weight is 449 g/mol. The van der Waals surface area contributed by atoms with Gasteiger partial charge in [0, 0.05) is 17.3 Å². The molecule has 1 aromatic heterocycles. The van der Waals surface area contributed by atoms with Crippen LogP contribution in [0.5, 0.6) is 0 Å². The van der Waals surface area contributed by atoms with E-state index in [0.717, 1.165) is 24.3 Å². The number of amides is 2. The average Bonchev–Trinajstić information content (AvgIpc) is 3.14. The molecule has 2 aromatic carbocycles. The lowest BCUT2D eigenvalue weighted by atomic mass is 10.1. The molecular formula is C21H19F4N5O2. The number of carbonyl (C=O) groups is 2. The summed E-state index contributed by atoms with van der Waals surface area (Å²) in [6.07, 6.45) is -4.96. The van der Waals surface area contributed by atoms with Gasteiger partial charge < -0.3 is 10.6 Å². The Balaban J connectivity index is 1.91. The van der Waals surface area contributed by atoms with E-state index in [1.807, 2.05) is 0 Å². The zero-order chi connectivity index (χ0) is 23.6. The van der Waals surface area contributed by atoms with Crippen molar-refractivity contribution in [2.75, 3.05) is 5.32 Å². The molecule has 0 bridgehead atoms. The fourth-order valence-corrected chi connectivity index (χ4v) is 2.98. The maximum atomic E-state index is 13.7. The second-order valence-electron chi connectivity index (χ2n) is 7.28. The second kappa shape index (κ2) is 8.77. The summed E-state index contributed by atoms with van der Waals surface area (Å²) >= 11 is 0. The largest absolute Gasteiger partial charge is 0.435 e. The monoisotopic (exact) mass is 449 g/mol. The molecule has 7 nitrogen and oxygen atoms in total. The number of benzene rings is 2. The van der Waals surface area contributed by atoms with E-state index in [1.165, 1.54) is 18.2 Å². The predicted octanol–water partition coefficient (Wildman–Crippen LogP) is 4.12. The molecule has 0 radical (unpaired) electrons. The van der Waals surface area contributed by atoms with Crippen molar-refractivity contribution in [2.45, 2.75) is 33.0 Å². The standard InChI is InChI=1S/C21H19F4N5O2/c1-11(2)26-19(31)16-9-6-14(10-12(16)3)27-20(32)17-18(21(23,24)25)30(29-28-17)15-7-4-13(22)5-8-15/h4-11H,1-3H3,(H,26,31)(H,27,32). The van der Waals surface area contributed by atoms with Crippen LogP contribution in [0.25, 0.3) is 5.69 Å². The van der Waals surface area contributed by atoms with Gasteiger partial charge in [0.05, 0.1) is 5.69 Å². The molecule has 3 rings (SSSR count). The van der Waals surface area contributed by atoms with Crippen molar-refractivity contribution in [2.24, 2.45) is 0 Å². The van der Waals surface area contributed by atoms with Crippen LogP contribution in [0.3, 0.4) is 0 Å². The van der Waals surface area contributed by atoms with Crippen LogP contribution in [0, 0.1) is 12.7 Å². The summed E-state index contributed by atoms with van der Waals surface area (Å²) in [6.45, 7) is 5.25. The van der Waals surface area contributed by atoms with E-state index < -0.39 is 29.3 Å². The molecule has 1 heterocycles. The third-order valence-corrected chi connectivity index (χ3v) is 4.37. The summed E-state index contributed by atoms with van der Waals surface area (Å²) in [4.78, 5) is 24.8. The Bertz CT molecular complexity index is 1150. The van der Waals surface area contributed by atoms with Crippen LogP contribution in [0.2, 0.25) is 0 Å². The lowest BCUT2D eigenvalue weighted by Gasteiger charge is -2.13. The molecule has 168 valence electrons. The van der Waals surface area contributed by atoms with E-state index in [1.54, 1.807) is 20.8 Å². The predicted molar refractivity (Wildman–Crippen MR) is 108 cm³/mol. The number of aromatic nitrogens is 3. The highest BCUT2D eigenvalue weighted by Gasteiger charge is 2.42. The number of halogens is 4. The van der Waals surface area contributed by atoms with Crippen LogP contribution in [-0.4, -0.2) is 32.9 Å². The minimum absolute atomic E-state index is 0.0780. The fraction of sp³-hybridized carbons (Fsp3) is 0.238. The SMILES string of the molecule is Cc1cc(NC(=O)c2nnn(-c3ccc(F)cc3)c2C(F)(F)F)ccc1C(=O)NC(C)C. The van der Waals surface area contributed by atoms with Gasteiger partial charge >= 0.3 is 6.18 Å². The van der Waals surface area contributed by atoms with Crippen LogP contribution < -0.4 is 10.6 Å². The number of nitrogens with zero attached hydrogens (tertiary/aromatic N) is 3. The van der Waals surface area contributed by atoms with Crippen LogP contribution >= 0.6 is 0 Å². The minimum Gasteiger partial charge on any atom is -0.350 e. The third kappa shape index (κ3) is 4.93. The summed E-state index contributed by atoms with van der Waals surface area (Å²) in [5.74, 6) is -2.08. The Morgan fingerprint density at radius 3 is 2.25 bits per heavy atom. The molecule has 11 heteroatoms. The Morgan fingerprint density at radius 2 is 1.69 bits per heavy atom. The second-order valence-corrected chi connectivity index (χ2v) is 7.28. The molecule has 0 spiro atoms. The quantitative estimate of drug-likeness (QED) is 0.574. The molecule has 0 unspecified atom stereocenters. The maximum absolute atomic E-state index is 13.7. The molecule has 0 saturated carbocycles. The van der Waals surface area contributed by atoms with Gasteiger partial charge in [-0.3, -0.25) is 9.59 Å². The molecular weight excluding hydrogens is 430 g/mol. The molecule has 0 aliphatic carbocycles. The van der Waals surface area contributed by atoms with Gasteiger partial charge in [-0.1, -0.05) is 5.21 Å². The smallest absolute Gasteiger partial charge is 0.350 e. The first-order chi connectivity index (χ1) is 15.0. The highest BCUT2D eigenvalue weighted by Crippen LogP contribution is 2.33. The number of alkyl halides is 3. The van der Waals surface area contributed by atoms with Crippen molar-refractivity contribution in [3.8, 4) is 5.69 Å². The Kier molecular flexibility index (Phi) is 6.28. The van der Waals surface area contributed by atoms with E-state index in [9.17, 15) is 27.2 Å². The summed E-state index contributed by atoms with van der Waals surface area (Å²) in [6, 6.07) is 8.36. The minimum atomic E-state index is -4.96. The van der Waals surface area contributed by atoms with E-state index in [-0.39, 0.29) is 23.3 Å². The molecule has 0 aliphatic heterocycles. The zero-order valence-electron chi connectivity index (χ0n) is 17.3. The Labute approximate surface area is 180 Å². The fourth-order valence-electron chi connectivity index (χ4n) is 2.98. The highest BCUT2D eigenvalue weighted by molar-refractivity contribution is 6.04. The van der Waals surface area contributed by atoms with Gasteiger partial charge in [0.2, 0.25) is 0 Å². The van der Waals surface area contributed by atoms with Gasteiger partial charge in [-0.15, -0.1) is 5.10 Å². The number of nitrogens with one attached hydrogen (secondary N) is 2. The van der Waals surface area contributed by atoms with Crippen LogP contribution in [-0.2, 0) is 6.18 Å². The molecule has 32 heavy (non-hydrogen) atoms. The van der Waals surface area contributed by atoms with Crippen molar-refractivity contribution in [3.63, 3.8) is 0 Å². The van der Waals surface area contributed by atoms with Crippen molar-refractivity contribution >= 4 is 17.5 Å². The summed E-state index contributed by atoms with van der Waals surface area (Å²) in [5.41, 5.74) is -1.38. The van der Waals surface area contributed by atoms with Gasteiger partial charge in [0.25, 0.3) is 11.8 Å². The first-order valence-electron chi connectivity index (χ1n) is 9.49. The van der Waals surface area contributed by atoms with Gasteiger partial charge in [0.1, 0.15) is 5.82 Å². The molecule has 3 aromatic rings. The summed E-state index contributed by atoms with van der Waals surface area (Å²) in [7, 11) is 0. The normalized spacial score (nSPS) is 11.5. The van der Waals surface area contributed by atoms with Crippen LogP contribution in [0.1, 0.15) is 46.0 Å². The Hall–Kier alpha value is -3.76. The summed E-state index contributed by atoms with van der Waals surface area (Å²) < 4.78 is 54.7.